The standard InChI is InChI=1S/C11H12N2O7S2/c1-11(9(14)19-2)8-6(3-4-21-8)7-5-12(11)10(15)13(7)20-22(16,17)18/h3-4,7H,5H2,1-2H3,(H,16,17,18). The molecule has 1 aromatic rings. The molecule has 0 aliphatic carbocycles. The van der Waals surface area contributed by atoms with Crippen LogP contribution < -0.4 is 0 Å². The van der Waals surface area contributed by atoms with Gasteiger partial charge in [0.15, 0.2) is 5.54 Å². The first-order valence-corrected chi connectivity index (χ1v) is 8.38. The van der Waals surface area contributed by atoms with Gasteiger partial charge in [-0.3, -0.25) is 9.45 Å². The number of thiophene rings is 1. The second-order valence-corrected chi connectivity index (χ2v) is 6.93. The van der Waals surface area contributed by atoms with E-state index in [1.807, 2.05) is 0 Å². The van der Waals surface area contributed by atoms with E-state index in [0.29, 0.717) is 15.5 Å². The van der Waals surface area contributed by atoms with E-state index in [4.69, 9.17) is 9.29 Å². The summed E-state index contributed by atoms with van der Waals surface area (Å²) >= 11 is 1.26. The van der Waals surface area contributed by atoms with Crippen molar-refractivity contribution >= 4 is 33.7 Å². The van der Waals surface area contributed by atoms with Crippen LogP contribution in [0.25, 0.3) is 0 Å². The molecule has 2 amide bonds. The molecule has 120 valence electrons. The highest BCUT2D eigenvalue weighted by molar-refractivity contribution is 7.80. The van der Waals surface area contributed by atoms with Gasteiger partial charge in [0.1, 0.15) is 6.04 Å². The van der Waals surface area contributed by atoms with Crippen molar-refractivity contribution in [3.8, 4) is 0 Å². The van der Waals surface area contributed by atoms with Gasteiger partial charge in [-0.1, -0.05) is 0 Å². The number of hydroxylamine groups is 2. The second kappa shape index (κ2) is 4.65. The number of hydrogen-bond acceptors (Lipinski definition) is 7. The van der Waals surface area contributed by atoms with Gasteiger partial charge in [0.2, 0.25) is 0 Å². The fourth-order valence-electron chi connectivity index (χ4n) is 2.86. The van der Waals surface area contributed by atoms with Crippen molar-refractivity contribution in [3.05, 3.63) is 21.9 Å². The van der Waals surface area contributed by atoms with E-state index in [9.17, 15) is 18.0 Å². The number of urea groups is 1. The van der Waals surface area contributed by atoms with Crippen molar-refractivity contribution in [3.63, 3.8) is 0 Å². The Morgan fingerprint density at radius 1 is 1.55 bits per heavy atom. The van der Waals surface area contributed by atoms with Crippen LogP contribution in [0, 0.1) is 0 Å². The summed E-state index contributed by atoms with van der Waals surface area (Å²) in [5, 5.41) is 2.29. The van der Waals surface area contributed by atoms with E-state index >= 15 is 0 Å². The lowest BCUT2D eigenvalue weighted by molar-refractivity contribution is -0.153. The van der Waals surface area contributed by atoms with Crippen LogP contribution in [-0.4, -0.2) is 48.6 Å². The first kappa shape index (κ1) is 15.2. The lowest BCUT2D eigenvalue weighted by atomic mass is 9.89. The third-order valence-electron chi connectivity index (χ3n) is 3.85. The zero-order chi connectivity index (χ0) is 16.3. The first-order chi connectivity index (χ1) is 10.2. The van der Waals surface area contributed by atoms with Gasteiger partial charge in [0.25, 0.3) is 0 Å². The van der Waals surface area contributed by atoms with Gasteiger partial charge in [0.05, 0.1) is 13.7 Å². The molecule has 1 N–H and O–H groups in total. The molecule has 0 radical (unpaired) electrons. The molecule has 11 heteroatoms. The summed E-state index contributed by atoms with van der Waals surface area (Å²) in [5.41, 5.74) is -0.785. The Labute approximate surface area is 129 Å². The Morgan fingerprint density at radius 3 is 2.82 bits per heavy atom. The van der Waals surface area contributed by atoms with Crippen molar-refractivity contribution in [2.45, 2.75) is 18.5 Å². The number of esters is 1. The molecule has 1 fully saturated rings. The van der Waals surface area contributed by atoms with Crippen LogP contribution in [0.15, 0.2) is 11.4 Å². The highest BCUT2D eigenvalue weighted by Crippen LogP contribution is 2.49. The maximum absolute atomic E-state index is 12.4. The average Bonchev–Trinajstić information content (AvgIpc) is 3.02. The first-order valence-electron chi connectivity index (χ1n) is 6.14. The van der Waals surface area contributed by atoms with Crippen molar-refractivity contribution in [1.82, 2.24) is 9.96 Å². The number of carbonyl (C=O) groups excluding carboxylic acids is 2. The topological polar surface area (TPSA) is 113 Å². The van der Waals surface area contributed by atoms with Gasteiger partial charge in [-0.15, -0.1) is 15.6 Å². The molecule has 22 heavy (non-hydrogen) atoms. The van der Waals surface area contributed by atoms with Gasteiger partial charge in [-0.05, 0) is 23.9 Å². The molecule has 9 nitrogen and oxygen atoms in total. The Morgan fingerprint density at radius 2 is 2.23 bits per heavy atom. The van der Waals surface area contributed by atoms with Crippen LogP contribution in [0.2, 0.25) is 0 Å². The number of fused-ring (bicyclic) bond motifs is 4. The molecular weight excluding hydrogens is 336 g/mol. The fraction of sp³-hybridized carbons (Fsp3) is 0.455. The minimum atomic E-state index is -4.86. The van der Waals surface area contributed by atoms with Crippen LogP contribution in [0.4, 0.5) is 4.79 Å². The molecule has 3 rings (SSSR count). The molecular formula is C11H12N2O7S2. The van der Waals surface area contributed by atoms with Gasteiger partial charge in [-0.25, -0.2) is 9.59 Å². The summed E-state index contributed by atoms with van der Waals surface area (Å²) in [5.74, 6) is -0.642. The lowest BCUT2D eigenvalue weighted by Crippen LogP contribution is -2.52. The second-order valence-electron chi connectivity index (χ2n) is 5.01. The predicted molar refractivity (Wildman–Crippen MR) is 73.0 cm³/mol. The largest absolute Gasteiger partial charge is 0.467 e. The highest BCUT2D eigenvalue weighted by atomic mass is 32.3. The number of rotatable bonds is 3. The smallest absolute Gasteiger partial charge is 0.418 e. The Balaban J connectivity index is 2.14. The Kier molecular flexibility index (Phi) is 3.22. The predicted octanol–water partition coefficient (Wildman–Crippen LogP) is 0.663. The van der Waals surface area contributed by atoms with Crippen LogP contribution in [0.1, 0.15) is 23.4 Å². The maximum Gasteiger partial charge on any atom is 0.418 e. The number of carbonyl (C=O) groups is 2. The van der Waals surface area contributed by atoms with E-state index < -0.39 is 34.0 Å². The van der Waals surface area contributed by atoms with Crippen LogP contribution in [-0.2, 0) is 29.8 Å². The normalized spacial score (nSPS) is 27.0. The maximum atomic E-state index is 12.4. The molecule has 2 aliphatic rings. The summed E-state index contributed by atoms with van der Waals surface area (Å²) in [6.45, 7) is 1.57. The SMILES string of the molecule is COC(=O)C1(C)c2sccc2C2CN1C(=O)N2OS(=O)(=O)O. The molecule has 0 spiro atoms. The summed E-state index contributed by atoms with van der Waals surface area (Å²) in [4.78, 5) is 26.4. The molecule has 3 heterocycles. The Bertz CT molecular complexity index is 758. The zero-order valence-corrected chi connectivity index (χ0v) is 13.2. The molecule has 2 bridgehead atoms. The number of ether oxygens (including phenoxy) is 1. The van der Waals surface area contributed by atoms with Crippen LogP contribution in [0.5, 0.6) is 0 Å². The highest BCUT2D eigenvalue weighted by Gasteiger charge is 2.59. The quantitative estimate of drug-likeness (QED) is 0.630. The van der Waals surface area contributed by atoms with E-state index in [0.717, 1.165) is 0 Å². The third kappa shape index (κ3) is 1.93. The minimum absolute atomic E-state index is 0.0453. The zero-order valence-electron chi connectivity index (χ0n) is 11.5. The minimum Gasteiger partial charge on any atom is -0.467 e. The van der Waals surface area contributed by atoms with Crippen LogP contribution in [0.3, 0.4) is 0 Å². The van der Waals surface area contributed by atoms with Crippen molar-refractivity contribution in [2.24, 2.45) is 0 Å². The van der Waals surface area contributed by atoms with E-state index in [-0.39, 0.29) is 6.54 Å². The summed E-state index contributed by atoms with van der Waals surface area (Å²) in [7, 11) is -3.65. The third-order valence-corrected chi connectivity index (χ3v) is 5.34. The number of methoxy groups -OCH3 is 1. The monoisotopic (exact) mass is 348 g/mol. The number of hydrogen-bond donors (Lipinski definition) is 1. The molecule has 1 aromatic heterocycles. The molecule has 0 saturated carbocycles. The van der Waals surface area contributed by atoms with Crippen molar-refractivity contribution in [2.75, 3.05) is 13.7 Å². The van der Waals surface area contributed by atoms with Gasteiger partial charge in [0, 0.05) is 4.88 Å². The molecule has 2 atom stereocenters. The molecule has 2 unspecified atom stereocenters. The molecule has 1 saturated heterocycles. The summed E-state index contributed by atoms with van der Waals surface area (Å²) < 4.78 is 39.9. The van der Waals surface area contributed by atoms with Crippen molar-refractivity contribution in [1.29, 1.82) is 0 Å². The van der Waals surface area contributed by atoms with E-state index in [2.05, 4.69) is 4.28 Å². The average molecular weight is 348 g/mol. The van der Waals surface area contributed by atoms with Gasteiger partial charge >= 0.3 is 22.4 Å². The van der Waals surface area contributed by atoms with E-state index in [1.54, 1.807) is 11.4 Å². The fourth-order valence-corrected chi connectivity index (χ4v) is 4.35. The van der Waals surface area contributed by atoms with Crippen LogP contribution >= 0.6 is 11.3 Å². The Hall–Kier alpha value is -1.69. The van der Waals surface area contributed by atoms with Gasteiger partial charge in [-0.2, -0.15) is 13.5 Å². The summed E-state index contributed by atoms with van der Waals surface area (Å²) in [6, 6.07) is 0.120. The number of nitrogens with zero attached hydrogens (tertiary/aromatic N) is 2. The van der Waals surface area contributed by atoms with Gasteiger partial charge < -0.3 is 4.74 Å². The van der Waals surface area contributed by atoms with Crippen molar-refractivity contribution < 1.29 is 31.6 Å². The number of amides is 2. The lowest BCUT2D eigenvalue weighted by Gasteiger charge is -2.37. The molecule has 0 aromatic carbocycles. The van der Waals surface area contributed by atoms with E-state index in [1.165, 1.54) is 30.3 Å². The molecule has 2 aliphatic heterocycles. The summed E-state index contributed by atoms with van der Waals surface area (Å²) in [6.07, 6.45) is 0.